The van der Waals surface area contributed by atoms with E-state index < -0.39 is 0 Å². The van der Waals surface area contributed by atoms with E-state index in [1.807, 2.05) is 6.20 Å². The first-order valence-corrected chi connectivity index (χ1v) is 4.39. The summed E-state index contributed by atoms with van der Waals surface area (Å²) >= 11 is 0. The lowest BCUT2D eigenvalue weighted by atomic mass is 9.88. The Morgan fingerprint density at radius 2 is 2.33 bits per heavy atom. The van der Waals surface area contributed by atoms with Crippen molar-refractivity contribution in [1.29, 1.82) is 0 Å². The average Bonchev–Trinajstić information content (AvgIpc) is 2.31. The fourth-order valence-electron chi connectivity index (χ4n) is 1.72. The molecule has 0 atom stereocenters. The molecular weight excluding hydrogens is 150 g/mol. The monoisotopic (exact) mass is 165 g/mol. The van der Waals surface area contributed by atoms with Crippen LogP contribution in [-0.2, 0) is 13.0 Å². The van der Waals surface area contributed by atoms with Crippen LogP contribution in [0.5, 0.6) is 0 Å². The van der Waals surface area contributed by atoms with Gasteiger partial charge in [0.15, 0.2) is 0 Å². The van der Waals surface area contributed by atoms with Gasteiger partial charge in [-0.2, -0.15) is 5.10 Å². The molecule has 0 bridgehead atoms. The highest BCUT2D eigenvalue weighted by Crippen LogP contribution is 2.24. The van der Waals surface area contributed by atoms with Crippen LogP contribution in [0, 0.1) is 5.41 Å². The molecule has 0 aromatic carbocycles. The van der Waals surface area contributed by atoms with Crippen LogP contribution in [0.25, 0.3) is 0 Å². The zero-order valence-corrected chi connectivity index (χ0v) is 7.65. The lowest BCUT2D eigenvalue weighted by Crippen LogP contribution is -2.27. The molecular formula is C9H15N3. The molecule has 1 aromatic rings. The molecule has 2 heterocycles. The van der Waals surface area contributed by atoms with Gasteiger partial charge in [-0.25, -0.2) is 0 Å². The van der Waals surface area contributed by atoms with E-state index in [4.69, 9.17) is 0 Å². The number of hydrogen-bond acceptors (Lipinski definition) is 2. The Hall–Kier alpha value is -0.830. The molecule has 1 aliphatic rings. The molecule has 12 heavy (non-hydrogen) atoms. The van der Waals surface area contributed by atoms with Crippen molar-refractivity contribution in [3.8, 4) is 0 Å². The minimum atomic E-state index is 0.345. The molecule has 0 spiro atoms. The van der Waals surface area contributed by atoms with E-state index in [2.05, 4.69) is 29.4 Å². The maximum absolute atomic E-state index is 4.05. The Labute approximate surface area is 72.6 Å². The first-order chi connectivity index (χ1) is 5.67. The fraction of sp³-hybridized carbons (Fsp3) is 0.667. The Morgan fingerprint density at radius 3 is 3.17 bits per heavy atom. The summed E-state index contributed by atoms with van der Waals surface area (Å²) in [6.07, 6.45) is 3.01. The Balaban J connectivity index is 2.30. The summed E-state index contributed by atoms with van der Waals surface area (Å²) in [7, 11) is 0. The van der Waals surface area contributed by atoms with Gasteiger partial charge in [-0.15, -0.1) is 0 Å². The SMILES string of the molecule is CC1(C)CNCc2cn[nH]c2C1. The van der Waals surface area contributed by atoms with Crippen molar-refractivity contribution in [3.05, 3.63) is 17.5 Å². The van der Waals surface area contributed by atoms with E-state index in [9.17, 15) is 0 Å². The van der Waals surface area contributed by atoms with E-state index in [1.165, 1.54) is 11.3 Å². The van der Waals surface area contributed by atoms with Crippen LogP contribution < -0.4 is 5.32 Å². The van der Waals surface area contributed by atoms with Crippen LogP contribution in [0.15, 0.2) is 6.20 Å². The molecule has 0 unspecified atom stereocenters. The van der Waals surface area contributed by atoms with Gasteiger partial charge < -0.3 is 5.32 Å². The second-order valence-electron chi connectivity index (χ2n) is 4.32. The highest BCUT2D eigenvalue weighted by molar-refractivity contribution is 5.19. The quantitative estimate of drug-likeness (QED) is 0.604. The smallest absolute Gasteiger partial charge is 0.0535 e. The predicted molar refractivity (Wildman–Crippen MR) is 47.8 cm³/mol. The molecule has 0 saturated heterocycles. The van der Waals surface area contributed by atoms with Crippen molar-refractivity contribution in [1.82, 2.24) is 15.5 Å². The highest BCUT2D eigenvalue weighted by atomic mass is 15.1. The Kier molecular flexibility index (Phi) is 1.68. The number of rotatable bonds is 0. The molecule has 0 fully saturated rings. The normalized spacial score (nSPS) is 21.5. The highest BCUT2D eigenvalue weighted by Gasteiger charge is 2.23. The molecule has 1 aliphatic heterocycles. The van der Waals surface area contributed by atoms with Crippen molar-refractivity contribution in [2.75, 3.05) is 6.54 Å². The molecule has 0 amide bonds. The maximum Gasteiger partial charge on any atom is 0.0535 e. The van der Waals surface area contributed by atoms with E-state index in [0.717, 1.165) is 19.5 Å². The van der Waals surface area contributed by atoms with Gasteiger partial charge in [0.1, 0.15) is 0 Å². The molecule has 0 saturated carbocycles. The van der Waals surface area contributed by atoms with Crippen LogP contribution in [0.3, 0.4) is 0 Å². The van der Waals surface area contributed by atoms with Crippen LogP contribution in [0.4, 0.5) is 0 Å². The third-order valence-corrected chi connectivity index (χ3v) is 2.38. The summed E-state index contributed by atoms with van der Waals surface area (Å²) < 4.78 is 0. The number of fused-ring (bicyclic) bond motifs is 1. The average molecular weight is 165 g/mol. The van der Waals surface area contributed by atoms with E-state index in [0.29, 0.717) is 5.41 Å². The second kappa shape index (κ2) is 2.59. The van der Waals surface area contributed by atoms with Gasteiger partial charge in [-0.3, -0.25) is 5.10 Å². The lowest BCUT2D eigenvalue weighted by molar-refractivity contribution is 0.346. The number of aromatic amines is 1. The summed E-state index contributed by atoms with van der Waals surface area (Å²) in [5.74, 6) is 0. The first-order valence-electron chi connectivity index (χ1n) is 4.39. The number of hydrogen-bond donors (Lipinski definition) is 2. The number of nitrogens with zero attached hydrogens (tertiary/aromatic N) is 1. The van der Waals surface area contributed by atoms with Crippen molar-refractivity contribution in [3.63, 3.8) is 0 Å². The zero-order valence-electron chi connectivity index (χ0n) is 7.65. The summed E-state index contributed by atoms with van der Waals surface area (Å²) in [4.78, 5) is 0. The minimum absolute atomic E-state index is 0.345. The lowest BCUT2D eigenvalue weighted by Gasteiger charge is -2.21. The minimum Gasteiger partial charge on any atom is -0.312 e. The predicted octanol–water partition coefficient (Wildman–Crippen LogP) is 1.08. The molecule has 2 rings (SSSR count). The van der Waals surface area contributed by atoms with Crippen LogP contribution in [-0.4, -0.2) is 16.7 Å². The van der Waals surface area contributed by atoms with E-state index in [1.54, 1.807) is 0 Å². The third kappa shape index (κ3) is 1.37. The Bertz CT molecular complexity index is 275. The van der Waals surface area contributed by atoms with Crippen molar-refractivity contribution < 1.29 is 0 Å². The van der Waals surface area contributed by atoms with E-state index in [-0.39, 0.29) is 0 Å². The number of H-pyrrole nitrogens is 1. The van der Waals surface area contributed by atoms with Gasteiger partial charge in [0, 0.05) is 24.3 Å². The summed E-state index contributed by atoms with van der Waals surface area (Å²) in [6, 6.07) is 0. The molecule has 2 N–H and O–H groups in total. The topological polar surface area (TPSA) is 40.7 Å². The van der Waals surface area contributed by atoms with Gasteiger partial charge in [0.2, 0.25) is 0 Å². The van der Waals surface area contributed by atoms with Crippen LogP contribution >= 0.6 is 0 Å². The molecule has 1 aromatic heterocycles. The molecule has 0 radical (unpaired) electrons. The maximum atomic E-state index is 4.05. The van der Waals surface area contributed by atoms with Gasteiger partial charge in [0.25, 0.3) is 0 Å². The molecule has 0 aliphatic carbocycles. The van der Waals surface area contributed by atoms with Gasteiger partial charge in [0.05, 0.1) is 6.20 Å². The first kappa shape index (κ1) is 7.80. The number of aromatic nitrogens is 2. The Morgan fingerprint density at radius 1 is 1.50 bits per heavy atom. The summed E-state index contributed by atoms with van der Waals surface area (Å²) in [5.41, 5.74) is 2.96. The summed E-state index contributed by atoms with van der Waals surface area (Å²) in [5, 5.41) is 10.5. The van der Waals surface area contributed by atoms with Crippen molar-refractivity contribution in [2.24, 2.45) is 5.41 Å². The summed E-state index contributed by atoms with van der Waals surface area (Å²) in [6.45, 7) is 6.58. The van der Waals surface area contributed by atoms with Crippen LogP contribution in [0.2, 0.25) is 0 Å². The third-order valence-electron chi connectivity index (χ3n) is 2.38. The second-order valence-corrected chi connectivity index (χ2v) is 4.32. The molecule has 3 nitrogen and oxygen atoms in total. The van der Waals surface area contributed by atoms with Gasteiger partial charge >= 0.3 is 0 Å². The fourth-order valence-corrected chi connectivity index (χ4v) is 1.72. The van der Waals surface area contributed by atoms with Crippen molar-refractivity contribution in [2.45, 2.75) is 26.8 Å². The van der Waals surface area contributed by atoms with Gasteiger partial charge in [-0.05, 0) is 11.8 Å². The molecule has 3 heteroatoms. The largest absolute Gasteiger partial charge is 0.312 e. The standard InChI is InChI=1S/C9H15N3/c1-9(2)3-8-7(4-10-6-9)5-11-12-8/h5,10H,3-4,6H2,1-2H3,(H,11,12). The number of nitrogens with one attached hydrogen (secondary N) is 2. The zero-order chi connectivity index (χ0) is 8.60. The van der Waals surface area contributed by atoms with E-state index >= 15 is 0 Å². The van der Waals surface area contributed by atoms with Crippen LogP contribution in [0.1, 0.15) is 25.1 Å². The molecule has 66 valence electrons. The van der Waals surface area contributed by atoms with Gasteiger partial charge in [-0.1, -0.05) is 13.8 Å². The van der Waals surface area contributed by atoms with Crippen molar-refractivity contribution >= 4 is 0 Å².